The molecular weight excluding hydrogens is 254 g/mol. The summed E-state index contributed by atoms with van der Waals surface area (Å²) in [5.41, 5.74) is 6.82. The second-order valence-electron chi connectivity index (χ2n) is 4.13. The van der Waals surface area contributed by atoms with Crippen molar-refractivity contribution in [2.45, 2.75) is 11.8 Å². The number of carbonyl (C=O) groups excluding carboxylic acids is 1. The fourth-order valence-electron chi connectivity index (χ4n) is 1.21. The van der Waals surface area contributed by atoms with E-state index in [0.29, 0.717) is 11.3 Å². The monoisotopic (exact) mass is 271 g/mol. The molecule has 0 aliphatic heterocycles. The smallest absolute Gasteiger partial charge is 0.241 e. The van der Waals surface area contributed by atoms with Gasteiger partial charge in [-0.25, -0.2) is 13.1 Å². The van der Waals surface area contributed by atoms with E-state index < -0.39 is 10.0 Å². The first kappa shape index (κ1) is 14.5. The first-order valence-corrected chi connectivity index (χ1v) is 6.78. The number of nitrogens with two attached hydrogens (primary N) is 1. The minimum absolute atomic E-state index is 0.0979. The van der Waals surface area contributed by atoms with Crippen molar-refractivity contribution < 1.29 is 13.2 Å². The number of hydrogen-bond donors (Lipinski definition) is 2. The highest BCUT2D eigenvalue weighted by molar-refractivity contribution is 7.89. The maximum absolute atomic E-state index is 11.9. The summed E-state index contributed by atoms with van der Waals surface area (Å²) >= 11 is 0. The number of amides is 1. The molecule has 0 bridgehead atoms. The minimum atomic E-state index is -3.68. The number of sulfonamides is 1. The van der Waals surface area contributed by atoms with E-state index >= 15 is 0 Å². The molecule has 0 saturated heterocycles. The standard InChI is InChI=1S/C11H17N3O3S/c1-8-6-9(4-5-10(8)12)18(16,17)13-7-11(15)14(2)3/h4-6,13H,7,12H2,1-3H3. The number of nitrogen functional groups attached to an aromatic ring is 1. The number of likely N-dealkylation sites (N-methyl/N-ethyl adjacent to an activating group) is 1. The van der Waals surface area contributed by atoms with Gasteiger partial charge in [-0.2, -0.15) is 0 Å². The third kappa shape index (κ3) is 3.44. The maximum Gasteiger partial charge on any atom is 0.241 e. The van der Waals surface area contributed by atoms with E-state index in [1.54, 1.807) is 21.0 Å². The zero-order chi connectivity index (χ0) is 13.9. The van der Waals surface area contributed by atoms with Crippen LogP contribution in [0.4, 0.5) is 5.69 Å². The van der Waals surface area contributed by atoms with Gasteiger partial charge in [-0.05, 0) is 30.7 Å². The van der Waals surface area contributed by atoms with Crippen LogP contribution in [0.3, 0.4) is 0 Å². The Morgan fingerprint density at radius 1 is 1.39 bits per heavy atom. The van der Waals surface area contributed by atoms with Crippen LogP contribution in [0.5, 0.6) is 0 Å². The van der Waals surface area contributed by atoms with Crippen LogP contribution in [0, 0.1) is 6.92 Å². The molecule has 0 aromatic heterocycles. The van der Waals surface area contributed by atoms with Gasteiger partial charge >= 0.3 is 0 Å². The number of hydrogen-bond acceptors (Lipinski definition) is 4. The Morgan fingerprint density at radius 2 is 2.00 bits per heavy atom. The molecule has 0 heterocycles. The van der Waals surface area contributed by atoms with Gasteiger partial charge in [-0.15, -0.1) is 0 Å². The van der Waals surface area contributed by atoms with Gasteiger partial charge in [-0.1, -0.05) is 0 Å². The van der Waals surface area contributed by atoms with Crippen LogP contribution in [0.2, 0.25) is 0 Å². The van der Waals surface area contributed by atoms with E-state index in [1.807, 2.05) is 0 Å². The van der Waals surface area contributed by atoms with E-state index in [-0.39, 0.29) is 17.3 Å². The second-order valence-corrected chi connectivity index (χ2v) is 5.90. The highest BCUT2D eigenvalue weighted by atomic mass is 32.2. The normalized spacial score (nSPS) is 11.3. The van der Waals surface area contributed by atoms with Crippen LogP contribution in [-0.2, 0) is 14.8 Å². The quantitative estimate of drug-likeness (QED) is 0.751. The molecule has 0 atom stereocenters. The van der Waals surface area contributed by atoms with Gasteiger partial charge in [0.05, 0.1) is 11.4 Å². The molecule has 7 heteroatoms. The Balaban J connectivity index is 2.87. The summed E-state index contributed by atoms with van der Waals surface area (Å²) in [6.45, 7) is 1.46. The Morgan fingerprint density at radius 3 is 2.50 bits per heavy atom. The lowest BCUT2D eigenvalue weighted by Crippen LogP contribution is -2.36. The van der Waals surface area contributed by atoms with Crippen LogP contribution in [0.1, 0.15) is 5.56 Å². The SMILES string of the molecule is Cc1cc(S(=O)(=O)NCC(=O)N(C)C)ccc1N. The first-order chi connectivity index (χ1) is 8.24. The van der Waals surface area contributed by atoms with Crippen molar-refractivity contribution in [3.05, 3.63) is 23.8 Å². The number of anilines is 1. The summed E-state index contributed by atoms with van der Waals surface area (Å²) in [6.07, 6.45) is 0. The Kier molecular flexibility index (Phi) is 4.31. The summed E-state index contributed by atoms with van der Waals surface area (Å²) in [4.78, 5) is 12.7. The van der Waals surface area contributed by atoms with Crippen molar-refractivity contribution in [2.24, 2.45) is 0 Å². The molecule has 18 heavy (non-hydrogen) atoms. The van der Waals surface area contributed by atoms with Crippen LogP contribution in [-0.4, -0.2) is 39.9 Å². The third-order valence-corrected chi connectivity index (χ3v) is 3.86. The molecule has 0 saturated carbocycles. The number of nitrogens with zero attached hydrogens (tertiary/aromatic N) is 1. The highest BCUT2D eigenvalue weighted by Crippen LogP contribution is 2.16. The first-order valence-electron chi connectivity index (χ1n) is 5.30. The van der Waals surface area contributed by atoms with Gasteiger partial charge in [-0.3, -0.25) is 4.79 Å². The summed E-state index contributed by atoms with van der Waals surface area (Å²) < 4.78 is 26.0. The van der Waals surface area contributed by atoms with Crippen molar-refractivity contribution in [3.63, 3.8) is 0 Å². The predicted octanol–water partition coefficient (Wildman–Crippen LogP) is -0.0563. The molecule has 0 aliphatic carbocycles. The summed E-state index contributed by atoms with van der Waals surface area (Å²) in [5, 5.41) is 0. The average Bonchev–Trinajstić information content (AvgIpc) is 2.29. The number of aryl methyl sites for hydroxylation is 1. The second kappa shape index (κ2) is 5.36. The average molecular weight is 271 g/mol. The van der Waals surface area contributed by atoms with E-state index in [4.69, 9.17) is 5.73 Å². The molecule has 1 rings (SSSR count). The van der Waals surface area contributed by atoms with Crippen LogP contribution >= 0.6 is 0 Å². The highest BCUT2D eigenvalue weighted by Gasteiger charge is 2.16. The minimum Gasteiger partial charge on any atom is -0.399 e. The molecular formula is C11H17N3O3S. The van der Waals surface area contributed by atoms with E-state index in [2.05, 4.69) is 4.72 Å². The molecule has 1 aromatic rings. The number of nitrogens with one attached hydrogen (secondary N) is 1. The Labute approximate surface area is 107 Å². The molecule has 3 N–H and O–H groups in total. The van der Waals surface area contributed by atoms with Gasteiger partial charge in [0.25, 0.3) is 0 Å². The van der Waals surface area contributed by atoms with Gasteiger partial charge in [0.1, 0.15) is 0 Å². The molecule has 0 aliphatic rings. The lowest BCUT2D eigenvalue weighted by Gasteiger charge is -2.12. The van der Waals surface area contributed by atoms with Crippen molar-refractivity contribution >= 4 is 21.6 Å². The van der Waals surface area contributed by atoms with Crippen LogP contribution < -0.4 is 10.5 Å². The lowest BCUT2D eigenvalue weighted by atomic mass is 10.2. The third-order valence-electron chi connectivity index (χ3n) is 2.46. The molecule has 0 unspecified atom stereocenters. The largest absolute Gasteiger partial charge is 0.399 e. The summed E-state index contributed by atoms with van der Waals surface area (Å²) in [5.74, 6) is -0.314. The zero-order valence-corrected chi connectivity index (χ0v) is 11.4. The van der Waals surface area contributed by atoms with Crippen molar-refractivity contribution in [1.82, 2.24) is 9.62 Å². The summed E-state index contributed by atoms with van der Waals surface area (Å²) in [7, 11) is -0.562. The van der Waals surface area contributed by atoms with Gasteiger partial charge in [0.15, 0.2) is 0 Å². The molecule has 6 nitrogen and oxygen atoms in total. The molecule has 0 radical (unpaired) electrons. The van der Waals surface area contributed by atoms with Crippen molar-refractivity contribution in [2.75, 3.05) is 26.4 Å². The lowest BCUT2D eigenvalue weighted by molar-refractivity contribution is -0.127. The van der Waals surface area contributed by atoms with Crippen molar-refractivity contribution in [3.8, 4) is 0 Å². The Hall–Kier alpha value is -1.60. The zero-order valence-electron chi connectivity index (χ0n) is 10.6. The van der Waals surface area contributed by atoms with Crippen LogP contribution in [0.25, 0.3) is 0 Å². The molecule has 1 aromatic carbocycles. The van der Waals surface area contributed by atoms with Crippen molar-refractivity contribution in [1.29, 1.82) is 0 Å². The topological polar surface area (TPSA) is 92.5 Å². The molecule has 100 valence electrons. The molecule has 0 spiro atoms. The van der Waals surface area contributed by atoms with Gasteiger partial charge in [0, 0.05) is 19.8 Å². The van der Waals surface area contributed by atoms with Gasteiger partial charge in [0.2, 0.25) is 15.9 Å². The van der Waals surface area contributed by atoms with Gasteiger partial charge < -0.3 is 10.6 Å². The fraction of sp³-hybridized carbons (Fsp3) is 0.364. The summed E-state index contributed by atoms with van der Waals surface area (Å²) in [6, 6.07) is 4.40. The number of carbonyl (C=O) groups is 1. The van der Waals surface area contributed by atoms with E-state index in [1.165, 1.54) is 23.1 Å². The Bertz CT molecular complexity index is 553. The maximum atomic E-state index is 11.9. The van der Waals surface area contributed by atoms with E-state index in [0.717, 1.165) is 0 Å². The number of rotatable bonds is 4. The van der Waals surface area contributed by atoms with E-state index in [9.17, 15) is 13.2 Å². The number of benzene rings is 1. The fourth-order valence-corrected chi connectivity index (χ4v) is 2.27. The predicted molar refractivity (Wildman–Crippen MR) is 69.5 cm³/mol. The molecule has 0 fully saturated rings. The van der Waals surface area contributed by atoms with Crippen LogP contribution in [0.15, 0.2) is 23.1 Å². The molecule has 1 amide bonds.